The summed E-state index contributed by atoms with van der Waals surface area (Å²) in [7, 11) is 0. The largest absolute Gasteiger partial charge is 0.394 e. The Balaban J connectivity index is 1.28. The predicted octanol–water partition coefficient (Wildman–Crippen LogP) is 6.72. The number of hydrogen-bond donors (Lipinski definition) is 3. The number of ether oxygens (including phenoxy) is 2. The van der Waals surface area contributed by atoms with E-state index in [1.807, 2.05) is 11.9 Å². The van der Waals surface area contributed by atoms with Crippen LogP contribution < -0.4 is 15.4 Å². The number of fused-ring (bicyclic) bond motifs is 4. The Morgan fingerprint density at radius 2 is 1.81 bits per heavy atom. The molecule has 0 radical (unpaired) electrons. The van der Waals surface area contributed by atoms with E-state index in [1.165, 1.54) is 16.7 Å². The minimum atomic E-state index is -4.18. The van der Waals surface area contributed by atoms with Gasteiger partial charge in [-0.25, -0.2) is 4.72 Å². The first-order chi connectivity index (χ1) is 20.5. The minimum Gasteiger partial charge on any atom is -0.375 e. The van der Waals surface area contributed by atoms with Gasteiger partial charge in [-0.2, -0.15) is 13.2 Å². The van der Waals surface area contributed by atoms with Crippen molar-refractivity contribution < 1.29 is 22.6 Å². The normalized spacial score (nSPS) is 37.1. The van der Waals surface area contributed by atoms with Gasteiger partial charge in [0.2, 0.25) is 0 Å². The molecule has 2 aliphatic heterocycles. The highest BCUT2D eigenvalue weighted by Gasteiger charge is 2.64. The summed E-state index contributed by atoms with van der Waals surface area (Å²) in [5, 5.41) is 7.86. The summed E-state index contributed by atoms with van der Waals surface area (Å²) >= 11 is 1.81. The summed E-state index contributed by atoms with van der Waals surface area (Å²) in [5.74, 6) is 0.477. The molecule has 2 heterocycles. The average molecular weight is 625 g/mol. The van der Waals surface area contributed by atoms with Crippen LogP contribution in [-0.4, -0.2) is 66.3 Å². The number of halogens is 3. The van der Waals surface area contributed by atoms with Crippen LogP contribution in [0.15, 0.2) is 18.2 Å². The highest BCUT2D eigenvalue weighted by molar-refractivity contribution is 7.98. The van der Waals surface area contributed by atoms with Crippen molar-refractivity contribution in [1.29, 1.82) is 0 Å². The molecule has 242 valence electrons. The molecule has 5 aliphatic rings. The molecule has 2 saturated heterocycles. The summed E-state index contributed by atoms with van der Waals surface area (Å²) in [6.45, 7) is 9.57. The molecule has 4 bridgehead atoms. The van der Waals surface area contributed by atoms with E-state index in [2.05, 4.69) is 66.1 Å². The standard InChI is InChI=1S/C33H51F3N4O2S/c1-20(2)42-26-14-24(15-26)40-18-23-9-6-10-27(13-23)43-39-31-37-28(30-21(3)7-5-8-22(30)4)16-29(38-31)41-19-25(40)17-32(11-12-32)33(34,35)36/h5,7-8,20,23-29,31,37-39H,6,9-19H2,1-4H3/t23?,24?,25-,26?,27?,28?,29?,31?/m1/s1. The monoisotopic (exact) mass is 624 g/mol. The van der Waals surface area contributed by atoms with Crippen molar-refractivity contribution in [3.8, 4) is 0 Å². The zero-order valence-electron chi connectivity index (χ0n) is 26.2. The third-order valence-corrected chi connectivity index (χ3v) is 11.8. The summed E-state index contributed by atoms with van der Waals surface area (Å²) in [5.41, 5.74) is 2.20. The van der Waals surface area contributed by atoms with Gasteiger partial charge in [0, 0.05) is 36.3 Å². The Hall–Kier alpha value is -0.880. The number of aryl methyl sites for hydroxylation is 2. The number of alkyl halides is 3. The highest BCUT2D eigenvalue weighted by atomic mass is 32.2. The van der Waals surface area contributed by atoms with E-state index in [0.29, 0.717) is 24.2 Å². The van der Waals surface area contributed by atoms with Crippen LogP contribution in [0.4, 0.5) is 13.2 Å². The molecule has 0 aromatic heterocycles. The van der Waals surface area contributed by atoms with E-state index in [0.717, 1.165) is 45.1 Å². The quantitative estimate of drug-likeness (QED) is 0.304. The Labute approximate surface area is 260 Å². The van der Waals surface area contributed by atoms with Crippen LogP contribution in [0.1, 0.15) is 101 Å². The van der Waals surface area contributed by atoms with Gasteiger partial charge in [0.1, 0.15) is 12.5 Å². The molecule has 10 heteroatoms. The Morgan fingerprint density at radius 3 is 2.49 bits per heavy atom. The molecule has 6 nitrogen and oxygen atoms in total. The fraction of sp³-hybridized carbons (Fsp3) is 0.818. The van der Waals surface area contributed by atoms with E-state index in [4.69, 9.17) is 9.47 Å². The van der Waals surface area contributed by atoms with Gasteiger partial charge in [0.25, 0.3) is 0 Å². The van der Waals surface area contributed by atoms with E-state index in [1.54, 1.807) is 0 Å². The topological polar surface area (TPSA) is 57.8 Å². The molecule has 0 spiro atoms. The van der Waals surface area contributed by atoms with Crippen molar-refractivity contribution in [3.05, 3.63) is 34.9 Å². The van der Waals surface area contributed by atoms with E-state index >= 15 is 0 Å². The molecule has 5 fully saturated rings. The van der Waals surface area contributed by atoms with Crippen molar-refractivity contribution in [2.24, 2.45) is 11.3 Å². The summed E-state index contributed by atoms with van der Waals surface area (Å²) in [4.78, 5) is 2.45. The Morgan fingerprint density at radius 1 is 1.07 bits per heavy atom. The Kier molecular flexibility index (Phi) is 9.76. The summed E-state index contributed by atoms with van der Waals surface area (Å²) in [6.07, 6.45) is 3.39. The van der Waals surface area contributed by atoms with Crippen molar-refractivity contribution in [2.75, 3.05) is 13.2 Å². The number of rotatable bonds is 6. The smallest absolute Gasteiger partial charge is 0.375 e. The van der Waals surface area contributed by atoms with Gasteiger partial charge in [-0.15, -0.1) is 0 Å². The lowest BCUT2D eigenvalue weighted by Gasteiger charge is -2.49. The van der Waals surface area contributed by atoms with Crippen LogP contribution in [0.2, 0.25) is 0 Å². The molecular weight excluding hydrogens is 573 g/mol. The lowest BCUT2D eigenvalue weighted by molar-refractivity contribution is -0.197. The average Bonchev–Trinajstić information content (AvgIpc) is 3.71. The van der Waals surface area contributed by atoms with Crippen LogP contribution in [0.5, 0.6) is 0 Å². The highest BCUT2D eigenvalue weighted by Crippen LogP contribution is 2.61. The second kappa shape index (κ2) is 13.1. The first-order valence-corrected chi connectivity index (χ1v) is 17.5. The molecule has 6 rings (SSSR count). The molecule has 1 aromatic carbocycles. The lowest BCUT2D eigenvalue weighted by atomic mass is 9.82. The van der Waals surface area contributed by atoms with E-state index in [9.17, 15) is 13.2 Å². The fourth-order valence-corrected chi connectivity index (χ4v) is 9.25. The lowest BCUT2D eigenvalue weighted by Crippen LogP contribution is -2.61. The number of nitrogens with zero attached hydrogens (tertiary/aromatic N) is 1. The van der Waals surface area contributed by atoms with Gasteiger partial charge in [-0.3, -0.25) is 15.5 Å². The molecule has 43 heavy (non-hydrogen) atoms. The van der Waals surface area contributed by atoms with Gasteiger partial charge < -0.3 is 9.47 Å². The van der Waals surface area contributed by atoms with Gasteiger partial charge in [-0.1, -0.05) is 36.6 Å². The van der Waals surface area contributed by atoms with E-state index in [-0.39, 0.29) is 62.1 Å². The van der Waals surface area contributed by atoms with Crippen molar-refractivity contribution in [3.63, 3.8) is 0 Å². The van der Waals surface area contributed by atoms with Crippen LogP contribution >= 0.6 is 11.9 Å². The molecular formula is C33H51F3N4O2S. The zero-order valence-corrected chi connectivity index (χ0v) is 27.0. The molecule has 1 aromatic rings. The van der Waals surface area contributed by atoms with Crippen LogP contribution in [-0.2, 0) is 9.47 Å². The first kappa shape index (κ1) is 32.1. The second-order valence-electron chi connectivity index (χ2n) is 14.3. The maximum absolute atomic E-state index is 14.4. The molecule has 0 amide bonds. The van der Waals surface area contributed by atoms with Crippen molar-refractivity contribution in [2.45, 2.75) is 146 Å². The minimum absolute atomic E-state index is 0.0786. The first-order valence-electron chi connectivity index (χ1n) is 16.6. The molecule has 6 atom stereocenters. The van der Waals surface area contributed by atoms with Crippen LogP contribution in [0.3, 0.4) is 0 Å². The third kappa shape index (κ3) is 7.42. The zero-order chi connectivity index (χ0) is 30.4. The van der Waals surface area contributed by atoms with Gasteiger partial charge in [0.15, 0.2) is 0 Å². The Bertz CT molecular complexity index is 1080. The molecule has 3 N–H and O–H groups in total. The van der Waals surface area contributed by atoms with Crippen LogP contribution in [0, 0.1) is 25.2 Å². The maximum Gasteiger partial charge on any atom is 0.394 e. The third-order valence-electron chi connectivity index (χ3n) is 10.7. The molecule has 3 aliphatic carbocycles. The second-order valence-corrected chi connectivity index (χ2v) is 15.5. The van der Waals surface area contributed by atoms with Crippen LogP contribution in [0.25, 0.3) is 0 Å². The van der Waals surface area contributed by atoms with Gasteiger partial charge >= 0.3 is 6.18 Å². The predicted molar refractivity (Wildman–Crippen MR) is 165 cm³/mol. The van der Waals surface area contributed by atoms with Crippen molar-refractivity contribution >= 4 is 11.9 Å². The SMILES string of the molecule is Cc1cccc(C)c1C1CC2NC(NSC3CCCC(C3)CN(C3CC(OC(C)C)C3)[C@H](CC3(C(F)(F)F)CC3)CO2)N1. The number of nitrogens with one attached hydrogen (secondary N) is 3. The number of benzene rings is 1. The van der Waals surface area contributed by atoms with Gasteiger partial charge in [-0.05, 0) is 102 Å². The van der Waals surface area contributed by atoms with E-state index < -0.39 is 11.6 Å². The summed E-state index contributed by atoms with van der Waals surface area (Å²) in [6, 6.07) is 6.44. The molecule has 5 unspecified atom stereocenters. The number of hydrogen-bond acceptors (Lipinski definition) is 7. The molecule has 3 saturated carbocycles. The summed E-state index contributed by atoms with van der Waals surface area (Å²) < 4.78 is 59.6. The van der Waals surface area contributed by atoms with Gasteiger partial charge in [0.05, 0.1) is 24.2 Å². The fourth-order valence-electron chi connectivity index (χ4n) is 8.13. The van der Waals surface area contributed by atoms with Crippen molar-refractivity contribution in [1.82, 2.24) is 20.3 Å². The maximum atomic E-state index is 14.4.